The first-order valence-electron chi connectivity index (χ1n) is 7.16. The number of likely N-dealkylation sites (tertiary alicyclic amines) is 1. The van der Waals surface area contributed by atoms with Crippen molar-refractivity contribution in [1.29, 1.82) is 0 Å². The van der Waals surface area contributed by atoms with Crippen molar-refractivity contribution in [2.24, 2.45) is 5.73 Å². The van der Waals surface area contributed by atoms with Crippen molar-refractivity contribution in [3.8, 4) is 0 Å². The van der Waals surface area contributed by atoms with Gasteiger partial charge in [-0.2, -0.15) is 0 Å². The third kappa shape index (κ3) is 3.95. The summed E-state index contributed by atoms with van der Waals surface area (Å²) in [7, 11) is 0. The Kier molecular flexibility index (Phi) is 6.30. The number of hydrogen-bond acceptors (Lipinski definition) is 3. The van der Waals surface area contributed by atoms with E-state index in [1.807, 2.05) is 12.1 Å². The third-order valence-electron chi connectivity index (χ3n) is 3.87. The van der Waals surface area contributed by atoms with Gasteiger partial charge in [-0.05, 0) is 53.4 Å². The molecule has 1 heterocycles. The molecule has 5 heteroatoms. The lowest BCUT2D eigenvalue weighted by Gasteiger charge is -2.37. The molecule has 1 aliphatic rings. The highest BCUT2D eigenvalue weighted by Gasteiger charge is 2.25. The molecule has 0 bridgehead atoms. The molecule has 2 N–H and O–H groups in total. The summed E-state index contributed by atoms with van der Waals surface area (Å²) in [5.41, 5.74) is 7.18. The zero-order chi connectivity index (χ0) is 14.5. The van der Waals surface area contributed by atoms with Crippen LogP contribution in [0.1, 0.15) is 31.4 Å². The van der Waals surface area contributed by atoms with Crippen molar-refractivity contribution in [2.75, 3.05) is 26.2 Å². The van der Waals surface area contributed by atoms with Gasteiger partial charge in [0.25, 0.3) is 0 Å². The number of benzene rings is 1. The molecule has 0 radical (unpaired) electrons. The normalized spacial score (nSPS) is 19.2. The fourth-order valence-corrected chi connectivity index (χ4v) is 3.24. The Labute approximate surface area is 134 Å². The standard InChI is InChI=1S/C15H22BrClN2O/c1-2-20-12-5-7-19(8-6-12)15(10-18)11-3-4-13(16)14(17)9-11/h3-4,9,12,15H,2,5-8,10,18H2,1H3. The SMILES string of the molecule is CCOC1CCN(C(CN)c2ccc(Br)c(Cl)c2)CC1. The maximum atomic E-state index is 6.19. The van der Waals surface area contributed by atoms with Crippen LogP contribution < -0.4 is 5.73 Å². The van der Waals surface area contributed by atoms with Crippen LogP contribution in [-0.4, -0.2) is 37.2 Å². The zero-order valence-corrected chi connectivity index (χ0v) is 14.2. The highest BCUT2D eigenvalue weighted by Crippen LogP contribution is 2.30. The van der Waals surface area contributed by atoms with E-state index in [0.717, 1.165) is 42.0 Å². The van der Waals surface area contributed by atoms with Crippen LogP contribution in [0.5, 0.6) is 0 Å². The Morgan fingerprint density at radius 1 is 1.45 bits per heavy atom. The van der Waals surface area contributed by atoms with Gasteiger partial charge >= 0.3 is 0 Å². The monoisotopic (exact) mass is 360 g/mol. The van der Waals surface area contributed by atoms with Gasteiger partial charge in [-0.15, -0.1) is 0 Å². The van der Waals surface area contributed by atoms with Gasteiger partial charge in [0, 0.05) is 36.8 Å². The minimum Gasteiger partial charge on any atom is -0.378 e. The van der Waals surface area contributed by atoms with Crippen molar-refractivity contribution in [3.63, 3.8) is 0 Å². The smallest absolute Gasteiger partial charge is 0.0599 e. The van der Waals surface area contributed by atoms with Crippen molar-refractivity contribution in [3.05, 3.63) is 33.3 Å². The second-order valence-electron chi connectivity index (χ2n) is 5.12. The number of halogens is 2. The Bertz CT molecular complexity index is 436. The topological polar surface area (TPSA) is 38.5 Å². The summed E-state index contributed by atoms with van der Waals surface area (Å²) in [6.45, 7) is 5.52. The summed E-state index contributed by atoms with van der Waals surface area (Å²) in [5, 5.41) is 0.741. The summed E-state index contributed by atoms with van der Waals surface area (Å²) >= 11 is 9.62. The maximum absolute atomic E-state index is 6.19. The number of hydrogen-bond donors (Lipinski definition) is 1. The van der Waals surface area contributed by atoms with E-state index >= 15 is 0 Å². The fraction of sp³-hybridized carbons (Fsp3) is 0.600. The number of nitrogens with two attached hydrogens (primary N) is 1. The first-order valence-corrected chi connectivity index (χ1v) is 8.33. The first-order chi connectivity index (χ1) is 9.65. The molecule has 0 spiro atoms. The molecule has 1 aromatic rings. The van der Waals surface area contributed by atoms with E-state index in [1.165, 1.54) is 5.56 Å². The van der Waals surface area contributed by atoms with Crippen LogP contribution in [0.4, 0.5) is 0 Å². The van der Waals surface area contributed by atoms with Crippen molar-refractivity contribution >= 4 is 27.5 Å². The number of piperidine rings is 1. The van der Waals surface area contributed by atoms with Gasteiger partial charge < -0.3 is 10.5 Å². The minimum absolute atomic E-state index is 0.239. The van der Waals surface area contributed by atoms with Crippen molar-refractivity contribution in [1.82, 2.24) is 4.90 Å². The largest absolute Gasteiger partial charge is 0.378 e. The van der Waals surface area contributed by atoms with E-state index in [-0.39, 0.29) is 6.04 Å². The lowest BCUT2D eigenvalue weighted by atomic mass is 10.0. The predicted octanol–water partition coefficient (Wildman–Crippen LogP) is 3.60. The van der Waals surface area contributed by atoms with Gasteiger partial charge in [0.2, 0.25) is 0 Å². The molecule has 20 heavy (non-hydrogen) atoms. The molecule has 0 saturated carbocycles. The average Bonchev–Trinajstić information content (AvgIpc) is 2.46. The van der Waals surface area contributed by atoms with Crippen LogP contribution in [0.2, 0.25) is 5.02 Å². The number of nitrogens with zero attached hydrogens (tertiary/aromatic N) is 1. The zero-order valence-electron chi connectivity index (χ0n) is 11.8. The van der Waals surface area contributed by atoms with E-state index in [1.54, 1.807) is 0 Å². The van der Waals surface area contributed by atoms with Crippen LogP contribution in [0, 0.1) is 0 Å². The Hall–Kier alpha value is -0.130. The highest BCUT2D eigenvalue weighted by atomic mass is 79.9. The molecule has 0 amide bonds. The minimum atomic E-state index is 0.239. The van der Waals surface area contributed by atoms with Gasteiger partial charge in [0.15, 0.2) is 0 Å². The van der Waals surface area contributed by atoms with Crippen molar-refractivity contribution in [2.45, 2.75) is 31.9 Å². The van der Waals surface area contributed by atoms with E-state index < -0.39 is 0 Å². The molecule has 1 fully saturated rings. The van der Waals surface area contributed by atoms with Gasteiger partial charge in [-0.3, -0.25) is 4.90 Å². The van der Waals surface area contributed by atoms with Gasteiger partial charge in [-0.25, -0.2) is 0 Å². The quantitative estimate of drug-likeness (QED) is 0.871. The van der Waals surface area contributed by atoms with Gasteiger partial charge in [0.1, 0.15) is 0 Å². The second kappa shape index (κ2) is 7.76. The van der Waals surface area contributed by atoms with Crippen molar-refractivity contribution < 1.29 is 4.74 Å². The fourth-order valence-electron chi connectivity index (χ4n) is 2.81. The van der Waals surface area contributed by atoms with Crippen LogP contribution in [0.3, 0.4) is 0 Å². The molecular weight excluding hydrogens is 340 g/mol. The summed E-state index contributed by atoms with van der Waals surface area (Å²) in [4.78, 5) is 2.44. The van der Waals surface area contributed by atoms with Gasteiger partial charge in [0.05, 0.1) is 11.1 Å². The predicted molar refractivity (Wildman–Crippen MR) is 87.2 cm³/mol. The van der Waals surface area contributed by atoms with E-state index in [9.17, 15) is 0 Å². The molecule has 3 nitrogen and oxygen atoms in total. The Morgan fingerprint density at radius 2 is 2.15 bits per heavy atom. The first kappa shape index (κ1) is 16.2. The van der Waals surface area contributed by atoms with E-state index in [0.29, 0.717) is 12.6 Å². The molecule has 2 rings (SSSR count). The molecule has 1 saturated heterocycles. The lowest BCUT2D eigenvalue weighted by molar-refractivity contribution is 0.00452. The van der Waals surface area contributed by atoms with Gasteiger partial charge in [-0.1, -0.05) is 17.7 Å². The molecule has 1 unspecified atom stereocenters. The molecule has 0 aromatic heterocycles. The number of ether oxygens (including phenoxy) is 1. The summed E-state index contributed by atoms with van der Waals surface area (Å²) in [5.74, 6) is 0. The van der Waals surface area contributed by atoms with E-state index in [4.69, 9.17) is 22.1 Å². The molecule has 112 valence electrons. The Morgan fingerprint density at radius 3 is 2.70 bits per heavy atom. The van der Waals surface area contributed by atoms with Crippen LogP contribution >= 0.6 is 27.5 Å². The van der Waals surface area contributed by atoms with E-state index in [2.05, 4.69) is 33.8 Å². The summed E-state index contributed by atoms with van der Waals surface area (Å²) in [6, 6.07) is 6.34. The van der Waals surface area contributed by atoms with Crippen LogP contribution in [0.25, 0.3) is 0 Å². The maximum Gasteiger partial charge on any atom is 0.0599 e. The number of rotatable bonds is 5. The highest BCUT2D eigenvalue weighted by molar-refractivity contribution is 9.10. The summed E-state index contributed by atoms with van der Waals surface area (Å²) in [6.07, 6.45) is 2.56. The third-order valence-corrected chi connectivity index (χ3v) is 5.10. The molecular formula is C15H22BrClN2O. The second-order valence-corrected chi connectivity index (χ2v) is 6.38. The molecule has 0 aliphatic carbocycles. The lowest BCUT2D eigenvalue weighted by Crippen LogP contribution is -2.41. The Balaban J connectivity index is 2.03. The molecule has 1 atom stereocenters. The molecule has 1 aromatic carbocycles. The average molecular weight is 362 g/mol. The summed E-state index contributed by atoms with van der Waals surface area (Å²) < 4.78 is 6.62. The van der Waals surface area contributed by atoms with Crippen LogP contribution in [0.15, 0.2) is 22.7 Å². The van der Waals surface area contributed by atoms with Crippen LogP contribution in [-0.2, 0) is 4.74 Å². The molecule has 1 aliphatic heterocycles.